The van der Waals surface area contributed by atoms with E-state index in [1.807, 2.05) is 19.2 Å². The third-order valence-corrected chi connectivity index (χ3v) is 5.85. The van der Waals surface area contributed by atoms with Crippen LogP contribution < -0.4 is 5.32 Å². The van der Waals surface area contributed by atoms with Gasteiger partial charge in [0.15, 0.2) is 0 Å². The third-order valence-electron chi connectivity index (χ3n) is 3.25. The van der Waals surface area contributed by atoms with E-state index in [2.05, 4.69) is 23.7 Å². The molecule has 0 saturated heterocycles. The Balaban J connectivity index is 2.68. The van der Waals surface area contributed by atoms with Gasteiger partial charge >= 0.3 is 0 Å². The second-order valence-corrected chi connectivity index (χ2v) is 7.78. The van der Waals surface area contributed by atoms with Crippen LogP contribution in [-0.2, 0) is 9.84 Å². The molecule has 1 aromatic carbocycles. The molecule has 3 nitrogen and oxygen atoms in total. The Labute approximate surface area is 121 Å². The summed E-state index contributed by atoms with van der Waals surface area (Å²) in [5, 5.41) is 3.29. The van der Waals surface area contributed by atoms with Crippen LogP contribution in [0.3, 0.4) is 0 Å². The van der Waals surface area contributed by atoms with Gasteiger partial charge in [-0.25, -0.2) is 8.42 Å². The van der Waals surface area contributed by atoms with E-state index < -0.39 is 9.84 Å². The van der Waals surface area contributed by atoms with E-state index in [1.165, 1.54) is 10.5 Å². The van der Waals surface area contributed by atoms with Crippen LogP contribution in [0.4, 0.5) is 0 Å². The Bertz CT molecular complexity index is 486. The molecule has 108 valence electrons. The number of hydrogen-bond acceptors (Lipinski definition) is 4. The first kappa shape index (κ1) is 16.5. The molecule has 1 atom stereocenters. The molecule has 0 aliphatic heterocycles. The molecule has 1 rings (SSSR count). The van der Waals surface area contributed by atoms with Gasteiger partial charge in [0.1, 0.15) is 9.84 Å². The molecular weight excluding hydrogens is 278 g/mol. The van der Waals surface area contributed by atoms with Crippen molar-refractivity contribution in [2.75, 3.05) is 24.8 Å². The van der Waals surface area contributed by atoms with Gasteiger partial charge in [0.25, 0.3) is 0 Å². The van der Waals surface area contributed by atoms with Crippen LogP contribution in [0.1, 0.15) is 31.4 Å². The molecule has 0 heterocycles. The molecule has 0 radical (unpaired) electrons. The molecule has 0 aromatic heterocycles. The summed E-state index contributed by atoms with van der Waals surface area (Å²) in [6.07, 6.45) is 3.60. The molecule has 1 N–H and O–H groups in total. The molecule has 0 fully saturated rings. The Morgan fingerprint density at radius 1 is 1.32 bits per heavy atom. The van der Waals surface area contributed by atoms with Crippen LogP contribution in [0.5, 0.6) is 0 Å². The largest absolute Gasteiger partial charge is 0.313 e. The van der Waals surface area contributed by atoms with Crippen LogP contribution in [0.15, 0.2) is 29.2 Å². The highest BCUT2D eigenvalue weighted by Gasteiger charge is 2.14. The van der Waals surface area contributed by atoms with Crippen molar-refractivity contribution in [2.24, 2.45) is 0 Å². The standard InChI is InChI=1S/C14H23NO2S2/c1-4-19(16,17)11-7-9-13(15-2)12-8-5-6-10-14(12)18-3/h5-6,8,10,13,15H,4,7,9,11H2,1-3H3. The summed E-state index contributed by atoms with van der Waals surface area (Å²) in [7, 11) is -0.928. The van der Waals surface area contributed by atoms with Crippen LogP contribution in [0.2, 0.25) is 0 Å². The van der Waals surface area contributed by atoms with Crippen LogP contribution in [0, 0.1) is 0 Å². The van der Waals surface area contributed by atoms with Crippen molar-refractivity contribution >= 4 is 21.6 Å². The van der Waals surface area contributed by atoms with E-state index in [9.17, 15) is 8.42 Å². The zero-order valence-corrected chi connectivity index (χ0v) is 13.5. The summed E-state index contributed by atoms with van der Waals surface area (Å²) in [5.74, 6) is 0.516. The number of rotatable bonds is 8. The molecule has 0 bridgehead atoms. The number of thioether (sulfide) groups is 1. The monoisotopic (exact) mass is 301 g/mol. The molecular formula is C14H23NO2S2. The van der Waals surface area contributed by atoms with Crippen molar-refractivity contribution in [2.45, 2.75) is 30.7 Å². The first-order valence-electron chi connectivity index (χ1n) is 6.54. The predicted molar refractivity (Wildman–Crippen MR) is 83.6 cm³/mol. The van der Waals surface area contributed by atoms with Gasteiger partial charge in [-0.2, -0.15) is 0 Å². The SMILES string of the molecule is CCS(=O)(=O)CCCC(NC)c1ccccc1SC. The second-order valence-electron chi connectivity index (χ2n) is 4.46. The molecule has 0 amide bonds. The fourth-order valence-corrected chi connectivity index (χ4v) is 3.62. The summed E-state index contributed by atoms with van der Waals surface area (Å²) in [6.45, 7) is 1.70. The van der Waals surface area contributed by atoms with Gasteiger partial charge in [-0.3, -0.25) is 0 Å². The van der Waals surface area contributed by atoms with Crippen molar-refractivity contribution in [3.05, 3.63) is 29.8 Å². The topological polar surface area (TPSA) is 46.2 Å². The van der Waals surface area contributed by atoms with Gasteiger partial charge in [-0.1, -0.05) is 25.1 Å². The molecule has 0 spiro atoms. The lowest BCUT2D eigenvalue weighted by atomic mass is 10.0. The summed E-state index contributed by atoms with van der Waals surface area (Å²) in [6, 6.07) is 8.50. The van der Waals surface area contributed by atoms with Gasteiger partial charge in [-0.15, -0.1) is 11.8 Å². The van der Waals surface area contributed by atoms with Crippen molar-refractivity contribution in [3.8, 4) is 0 Å². The number of sulfone groups is 1. The fourth-order valence-electron chi connectivity index (χ4n) is 2.06. The van der Waals surface area contributed by atoms with E-state index >= 15 is 0 Å². The lowest BCUT2D eigenvalue weighted by molar-refractivity contribution is 0.529. The molecule has 0 aliphatic carbocycles. The molecule has 5 heteroatoms. The van der Waals surface area contributed by atoms with Crippen molar-refractivity contribution < 1.29 is 8.42 Å². The minimum absolute atomic E-state index is 0.218. The molecule has 0 saturated carbocycles. The minimum Gasteiger partial charge on any atom is -0.313 e. The first-order chi connectivity index (χ1) is 9.04. The Kier molecular flexibility index (Phi) is 6.89. The summed E-state index contributed by atoms with van der Waals surface area (Å²) < 4.78 is 23.0. The van der Waals surface area contributed by atoms with E-state index in [-0.39, 0.29) is 17.5 Å². The first-order valence-corrected chi connectivity index (χ1v) is 9.59. The van der Waals surface area contributed by atoms with E-state index in [4.69, 9.17) is 0 Å². The average molecular weight is 301 g/mol. The van der Waals surface area contributed by atoms with Crippen LogP contribution in [-0.4, -0.2) is 33.2 Å². The highest BCUT2D eigenvalue weighted by Crippen LogP contribution is 2.28. The predicted octanol–water partition coefficient (Wildman–Crippen LogP) is 2.88. The normalized spacial score (nSPS) is 13.4. The third kappa shape index (κ3) is 5.16. The van der Waals surface area contributed by atoms with Gasteiger partial charge in [0.05, 0.1) is 5.75 Å². The highest BCUT2D eigenvalue weighted by atomic mass is 32.2. The van der Waals surface area contributed by atoms with Crippen LogP contribution >= 0.6 is 11.8 Å². The van der Waals surface area contributed by atoms with Crippen molar-refractivity contribution in [1.82, 2.24) is 5.32 Å². The second kappa shape index (κ2) is 7.92. The Morgan fingerprint density at radius 2 is 2.00 bits per heavy atom. The lowest BCUT2D eigenvalue weighted by Crippen LogP contribution is -2.19. The number of hydrogen-bond donors (Lipinski definition) is 1. The molecule has 1 unspecified atom stereocenters. The number of nitrogens with one attached hydrogen (secondary N) is 1. The summed E-state index contributed by atoms with van der Waals surface area (Å²) in [4.78, 5) is 1.25. The van der Waals surface area contributed by atoms with Crippen molar-refractivity contribution in [3.63, 3.8) is 0 Å². The highest BCUT2D eigenvalue weighted by molar-refractivity contribution is 7.98. The Hall–Kier alpha value is -0.520. The molecule has 1 aromatic rings. The quantitative estimate of drug-likeness (QED) is 0.750. The van der Waals surface area contributed by atoms with E-state index in [1.54, 1.807) is 18.7 Å². The fraction of sp³-hybridized carbons (Fsp3) is 0.571. The maximum absolute atomic E-state index is 11.5. The molecule has 19 heavy (non-hydrogen) atoms. The van der Waals surface area contributed by atoms with Gasteiger partial charge < -0.3 is 5.32 Å². The maximum Gasteiger partial charge on any atom is 0.150 e. The van der Waals surface area contributed by atoms with Crippen molar-refractivity contribution in [1.29, 1.82) is 0 Å². The summed E-state index contributed by atoms with van der Waals surface area (Å²) in [5.41, 5.74) is 1.26. The van der Waals surface area contributed by atoms with Gasteiger partial charge in [0, 0.05) is 16.7 Å². The van der Waals surface area contributed by atoms with E-state index in [0.717, 1.165) is 6.42 Å². The van der Waals surface area contributed by atoms with Gasteiger partial charge in [-0.05, 0) is 37.8 Å². The lowest BCUT2D eigenvalue weighted by Gasteiger charge is -2.19. The number of benzene rings is 1. The molecule has 0 aliphatic rings. The Morgan fingerprint density at radius 3 is 2.58 bits per heavy atom. The zero-order chi connectivity index (χ0) is 14.3. The smallest absolute Gasteiger partial charge is 0.150 e. The maximum atomic E-state index is 11.5. The van der Waals surface area contributed by atoms with Gasteiger partial charge in [0.2, 0.25) is 0 Å². The average Bonchev–Trinajstić information content (AvgIpc) is 2.43. The summed E-state index contributed by atoms with van der Waals surface area (Å²) >= 11 is 1.72. The minimum atomic E-state index is -2.85. The van der Waals surface area contributed by atoms with Crippen LogP contribution in [0.25, 0.3) is 0 Å². The zero-order valence-electron chi connectivity index (χ0n) is 11.8. The van der Waals surface area contributed by atoms with E-state index in [0.29, 0.717) is 6.42 Å².